The van der Waals surface area contributed by atoms with E-state index in [4.69, 9.17) is 9.47 Å². The maximum Gasteiger partial charge on any atom is 0.236 e. The van der Waals surface area contributed by atoms with Gasteiger partial charge in [0.05, 0.1) is 18.0 Å². The summed E-state index contributed by atoms with van der Waals surface area (Å²) in [6, 6.07) is 21.5. The molecule has 2 saturated heterocycles. The highest BCUT2D eigenvalue weighted by atomic mass is 16.7. The number of nitrogens with zero attached hydrogens (tertiary/aromatic N) is 6. The molecule has 5 heterocycles. The van der Waals surface area contributed by atoms with E-state index in [0.717, 1.165) is 53.0 Å². The van der Waals surface area contributed by atoms with Crippen LogP contribution in [0.3, 0.4) is 0 Å². The molecule has 5 aromatic rings. The zero-order valence-corrected chi connectivity index (χ0v) is 25.8. The van der Waals surface area contributed by atoms with Crippen molar-refractivity contribution in [3.05, 3.63) is 79.1 Å². The number of rotatable bonds is 7. The highest BCUT2D eigenvalue weighted by Crippen LogP contribution is 2.37. The lowest BCUT2D eigenvalue weighted by molar-refractivity contribution is -0.132. The van der Waals surface area contributed by atoms with E-state index >= 15 is 0 Å². The summed E-state index contributed by atoms with van der Waals surface area (Å²) in [6.45, 7) is 4.71. The van der Waals surface area contributed by atoms with Crippen molar-refractivity contribution in [1.29, 1.82) is 0 Å². The number of amides is 2. The van der Waals surface area contributed by atoms with Gasteiger partial charge >= 0.3 is 0 Å². The van der Waals surface area contributed by atoms with Crippen molar-refractivity contribution in [2.24, 2.45) is 5.92 Å². The average Bonchev–Trinajstić information content (AvgIpc) is 3.89. The van der Waals surface area contributed by atoms with E-state index in [0.29, 0.717) is 55.6 Å². The van der Waals surface area contributed by atoms with Crippen molar-refractivity contribution in [1.82, 2.24) is 30.0 Å². The van der Waals surface area contributed by atoms with Gasteiger partial charge in [0.25, 0.3) is 0 Å². The monoisotopic (exact) mass is 630 g/mol. The SMILES string of the molecule is O=C(Nc1ccc2[nH]nc(-c3ccc4c(c3)OCO4)c2c1)[C@@H]1CCN(CC(=O)N2CCN(c3ccc(-c4ncccn4)cc3)CC2)C1. The molecule has 0 spiro atoms. The first-order chi connectivity index (χ1) is 23.1. The molecule has 2 N–H and O–H groups in total. The molecule has 3 aliphatic rings. The lowest BCUT2D eigenvalue weighted by atomic mass is 10.1. The number of likely N-dealkylation sites (tertiary alicyclic amines) is 1. The molecule has 12 heteroatoms. The van der Waals surface area contributed by atoms with Gasteiger partial charge in [0.1, 0.15) is 5.69 Å². The number of aromatic amines is 1. The Morgan fingerprint density at radius 3 is 2.49 bits per heavy atom. The van der Waals surface area contributed by atoms with Crippen LogP contribution in [-0.2, 0) is 9.59 Å². The molecule has 2 fully saturated rings. The van der Waals surface area contributed by atoms with Crippen LogP contribution in [0.25, 0.3) is 33.5 Å². The Hall–Kier alpha value is -5.49. The summed E-state index contributed by atoms with van der Waals surface area (Å²) in [5.74, 6) is 2.01. The van der Waals surface area contributed by atoms with Crippen molar-refractivity contribution in [3.63, 3.8) is 0 Å². The predicted molar refractivity (Wildman–Crippen MR) is 177 cm³/mol. The topological polar surface area (TPSA) is 129 Å². The Bertz CT molecular complexity index is 1920. The Kier molecular flexibility index (Phi) is 7.62. The molecule has 0 saturated carbocycles. The molecule has 47 heavy (non-hydrogen) atoms. The normalized spacial score (nSPS) is 17.7. The number of anilines is 2. The summed E-state index contributed by atoms with van der Waals surface area (Å²) in [4.78, 5) is 41.5. The number of nitrogens with one attached hydrogen (secondary N) is 2. The van der Waals surface area contributed by atoms with Gasteiger partial charge in [-0.3, -0.25) is 19.6 Å². The zero-order valence-electron chi connectivity index (χ0n) is 25.8. The molecule has 0 radical (unpaired) electrons. The van der Waals surface area contributed by atoms with E-state index in [2.05, 4.69) is 47.4 Å². The summed E-state index contributed by atoms with van der Waals surface area (Å²) in [5.41, 5.74) is 5.36. The molecule has 1 atom stereocenters. The molecular weight excluding hydrogens is 596 g/mol. The van der Waals surface area contributed by atoms with E-state index in [-0.39, 0.29) is 24.5 Å². The quantitative estimate of drug-likeness (QED) is 0.274. The van der Waals surface area contributed by atoms with Crippen molar-refractivity contribution in [2.75, 3.05) is 62.8 Å². The summed E-state index contributed by atoms with van der Waals surface area (Å²) in [6.07, 6.45) is 4.20. The van der Waals surface area contributed by atoms with E-state index in [1.54, 1.807) is 18.5 Å². The number of fused-ring (bicyclic) bond motifs is 2. The average molecular weight is 631 g/mol. The minimum atomic E-state index is -0.183. The molecule has 3 aromatic carbocycles. The second kappa shape index (κ2) is 12.4. The van der Waals surface area contributed by atoms with E-state index in [9.17, 15) is 9.59 Å². The first kappa shape index (κ1) is 28.9. The molecule has 2 aromatic heterocycles. The van der Waals surface area contributed by atoms with Crippen LogP contribution in [0.1, 0.15) is 6.42 Å². The number of carbonyl (C=O) groups excluding carboxylic acids is 2. The highest BCUT2D eigenvalue weighted by molar-refractivity contribution is 5.99. The van der Waals surface area contributed by atoms with Crippen LogP contribution in [0.15, 0.2) is 79.1 Å². The molecule has 2 amide bonds. The molecule has 238 valence electrons. The van der Waals surface area contributed by atoms with Crippen LogP contribution >= 0.6 is 0 Å². The summed E-state index contributed by atoms with van der Waals surface area (Å²) in [7, 11) is 0. The molecule has 3 aliphatic heterocycles. The van der Waals surface area contributed by atoms with Crippen LogP contribution in [0.2, 0.25) is 0 Å². The van der Waals surface area contributed by atoms with Crippen LogP contribution < -0.4 is 19.7 Å². The van der Waals surface area contributed by atoms with Gasteiger partial charge in [0, 0.05) is 73.0 Å². The van der Waals surface area contributed by atoms with E-state index in [1.165, 1.54) is 0 Å². The minimum Gasteiger partial charge on any atom is -0.454 e. The van der Waals surface area contributed by atoms with Gasteiger partial charge in [-0.05, 0) is 79.7 Å². The largest absolute Gasteiger partial charge is 0.454 e. The minimum absolute atomic E-state index is 0.0362. The Morgan fingerprint density at radius 2 is 1.66 bits per heavy atom. The van der Waals surface area contributed by atoms with Gasteiger partial charge in [0.15, 0.2) is 17.3 Å². The Labute approximate surface area is 271 Å². The fourth-order valence-corrected chi connectivity index (χ4v) is 6.57. The lowest BCUT2D eigenvalue weighted by Gasteiger charge is -2.36. The number of H-pyrrole nitrogens is 1. The van der Waals surface area contributed by atoms with Gasteiger partial charge in [0.2, 0.25) is 18.6 Å². The third-order valence-corrected chi connectivity index (χ3v) is 9.17. The van der Waals surface area contributed by atoms with Crippen LogP contribution in [0.5, 0.6) is 11.5 Å². The van der Waals surface area contributed by atoms with Crippen molar-refractivity contribution in [2.45, 2.75) is 6.42 Å². The number of aromatic nitrogens is 4. The summed E-state index contributed by atoms with van der Waals surface area (Å²) in [5, 5.41) is 11.6. The standard InChI is InChI=1S/C35H34N8O4/c44-32(43-16-14-42(15-17-43)27-6-2-23(3-7-27)34-36-11-1-12-37-34)21-41-13-10-25(20-41)35(45)38-26-5-8-29-28(19-26)33(40-39-29)24-4-9-30-31(18-24)47-22-46-30/h1-9,11-12,18-19,25H,10,13-17,20-22H2,(H,38,45)(H,39,40)/t25-/m1/s1. The van der Waals surface area contributed by atoms with Gasteiger partial charge < -0.3 is 24.6 Å². The number of hydrogen-bond donors (Lipinski definition) is 2. The number of hydrogen-bond acceptors (Lipinski definition) is 9. The van der Waals surface area contributed by atoms with Gasteiger partial charge in [-0.1, -0.05) is 0 Å². The van der Waals surface area contributed by atoms with Gasteiger partial charge in [-0.2, -0.15) is 5.10 Å². The summed E-state index contributed by atoms with van der Waals surface area (Å²) >= 11 is 0. The van der Waals surface area contributed by atoms with Crippen molar-refractivity contribution >= 4 is 34.1 Å². The third kappa shape index (κ3) is 5.95. The number of ether oxygens (including phenoxy) is 2. The van der Waals surface area contributed by atoms with Crippen molar-refractivity contribution in [3.8, 4) is 34.1 Å². The van der Waals surface area contributed by atoms with Crippen LogP contribution in [-0.4, -0.2) is 94.4 Å². The number of piperazine rings is 1. The highest BCUT2D eigenvalue weighted by Gasteiger charge is 2.31. The van der Waals surface area contributed by atoms with Crippen LogP contribution in [0, 0.1) is 5.92 Å². The number of carbonyl (C=O) groups is 2. The Balaban J connectivity index is 0.834. The smallest absolute Gasteiger partial charge is 0.236 e. The number of benzene rings is 3. The molecule has 0 aliphatic carbocycles. The second-order valence-electron chi connectivity index (χ2n) is 12.1. The molecule has 0 bridgehead atoms. The lowest BCUT2D eigenvalue weighted by Crippen LogP contribution is -2.51. The van der Waals surface area contributed by atoms with Crippen molar-refractivity contribution < 1.29 is 19.1 Å². The van der Waals surface area contributed by atoms with E-state index in [1.807, 2.05) is 53.4 Å². The van der Waals surface area contributed by atoms with Gasteiger partial charge in [-0.25, -0.2) is 9.97 Å². The first-order valence-electron chi connectivity index (χ1n) is 15.9. The predicted octanol–water partition coefficient (Wildman–Crippen LogP) is 4.02. The second-order valence-corrected chi connectivity index (χ2v) is 12.1. The summed E-state index contributed by atoms with van der Waals surface area (Å²) < 4.78 is 11.0. The fourth-order valence-electron chi connectivity index (χ4n) is 6.57. The zero-order chi connectivity index (χ0) is 31.7. The molecule has 0 unspecified atom stereocenters. The molecule has 12 nitrogen and oxygen atoms in total. The van der Waals surface area contributed by atoms with E-state index < -0.39 is 0 Å². The Morgan fingerprint density at radius 1 is 0.872 bits per heavy atom. The third-order valence-electron chi connectivity index (χ3n) is 9.17. The maximum atomic E-state index is 13.3. The first-order valence-corrected chi connectivity index (χ1v) is 15.9. The van der Waals surface area contributed by atoms with Crippen LogP contribution in [0.4, 0.5) is 11.4 Å². The van der Waals surface area contributed by atoms with Gasteiger partial charge in [-0.15, -0.1) is 0 Å². The maximum absolute atomic E-state index is 13.3. The molecule has 8 rings (SSSR count). The molecular formula is C35H34N8O4. The fraction of sp³-hybridized carbons (Fsp3) is 0.286.